The molecular weight excluding hydrogens is 308 g/mol. The van der Waals surface area contributed by atoms with Gasteiger partial charge in [0.15, 0.2) is 0 Å². The Morgan fingerprint density at radius 3 is 2.32 bits per heavy atom. The molecule has 0 saturated heterocycles. The number of carboxylic acids is 1. The molecule has 0 unspecified atom stereocenters. The monoisotopic (exact) mass is 318 g/mol. The van der Waals surface area contributed by atoms with E-state index in [1.165, 1.54) is 6.08 Å². The molecule has 0 amide bonds. The van der Waals surface area contributed by atoms with Crippen molar-refractivity contribution in [2.45, 2.75) is 0 Å². The molecule has 0 radical (unpaired) electrons. The zero-order valence-electron chi connectivity index (χ0n) is 9.88. The third-order valence-corrected chi connectivity index (χ3v) is 3.34. The summed E-state index contributed by atoms with van der Waals surface area (Å²) in [6, 6.07) is 15.3. The lowest BCUT2D eigenvalue weighted by Gasteiger charge is -2.05. The minimum atomic E-state index is -1.35. The van der Waals surface area contributed by atoms with Crippen molar-refractivity contribution in [3.63, 3.8) is 0 Å². The Morgan fingerprint density at radius 2 is 1.68 bits per heavy atom. The third kappa shape index (κ3) is 3.23. The summed E-state index contributed by atoms with van der Waals surface area (Å²) in [7, 11) is 0. The average Bonchev–Trinajstić information content (AvgIpc) is 2.42. The molecule has 0 aliphatic heterocycles. The number of carboxylic acid groups (broad SMARTS) is 1. The Bertz CT molecular complexity index is 633. The molecule has 0 atom stereocenters. The zero-order valence-corrected chi connectivity index (χ0v) is 11.5. The van der Waals surface area contributed by atoms with Crippen molar-refractivity contribution in [2.24, 2.45) is 0 Å². The summed E-state index contributed by atoms with van der Waals surface area (Å²) in [6.07, 6.45) is 1.22. The standard InChI is InChI=1S/C15H11BrO3/c16-13-7-6-11(10-4-2-1-3-5-10)8-12(13)9-14(17)15(18)19/h1-9,17H,(H,18,19)/b14-9-. The normalized spacial score (nSPS) is 11.3. The number of aliphatic hydroxyl groups excluding tert-OH is 1. The maximum atomic E-state index is 10.6. The fourth-order valence-corrected chi connectivity index (χ4v) is 2.03. The molecule has 2 rings (SSSR count). The van der Waals surface area contributed by atoms with Gasteiger partial charge in [-0.25, -0.2) is 4.79 Å². The maximum absolute atomic E-state index is 10.6. The SMILES string of the molecule is O=C(O)/C(O)=C/c1cc(-c2ccccc2)ccc1Br. The van der Waals surface area contributed by atoms with E-state index < -0.39 is 11.7 Å². The van der Waals surface area contributed by atoms with Crippen LogP contribution in [0.5, 0.6) is 0 Å². The Balaban J connectivity index is 2.47. The van der Waals surface area contributed by atoms with E-state index in [4.69, 9.17) is 5.11 Å². The highest BCUT2D eigenvalue weighted by Crippen LogP contribution is 2.26. The van der Waals surface area contributed by atoms with Crippen LogP contribution in [0.2, 0.25) is 0 Å². The first kappa shape index (κ1) is 13.4. The second kappa shape index (κ2) is 5.71. The molecule has 4 heteroatoms. The first-order chi connectivity index (χ1) is 9.08. The highest BCUT2D eigenvalue weighted by Gasteiger charge is 2.07. The Morgan fingerprint density at radius 1 is 1.00 bits per heavy atom. The van der Waals surface area contributed by atoms with Crippen LogP contribution in [-0.2, 0) is 4.79 Å². The number of rotatable bonds is 3. The summed E-state index contributed by atoms with van der Waals surface area (Å²) in [5, 5.41) is 18.0. The van der Waals surface area contributed by atoms with Crippen molar-refractivity contribution in [1.82, 2.24) is 0 Å². The molecule has 19 heavy (non-hydrogen) atoms. The molecule has 0 spiro atoms. The van der Waals surface area contributed by atoms with Gasteiger partial charge < -0.3 is 10.2 Å². The maximum Gasteiger partial charge on any atom is 0.370 e. The Hall–Kier alpha value is -2.07. The number of halogens is 1. The zero-order chi connectivity index (χ0) is 13.8. The smallest absolute Gasteiger partial charge is 0.370 e. The van der Waals surface area contributed by atoms with Gasteiger partial charge in [-0.15, -0.1) is 0 Å². The highest BCUT2D eigenvalue weighted by molar-refractivity contribution is 9.10. The molecule has 0 aliphatic rings. The van der Waals surface area contributed by atoms with Crippen LogP contribution in [0.4, 0.5) is 0 Å². The average molecular weight is 319 g/mol. The van der Waals surface area contributed by atoms with Crippen molar-refractivity contribution in [2.75, 3.05) is 0 Å². The molecule has 3 nitrogen and oxygen atoms in total. The van der Waals surface area contributed by atoms with Gasteiger partial charge in [0.1, 0.15) is 0 Å². The van der Waals surface area contributed by atoms with Gasteiger partial charge in [0, 0.05) is 4.47 Å². The lowest BCUT2D eigenvalue weighted by atomic mass is 10.0. The fourth-order valence-electron chi connectivity index (χ4n) is 1.67. The van der Waals surface area contributed by atoms with Crippen LogP contribution in [-0.4, -0.2) is 16.2 Å². The van der Waals surface area contributed by atoms with Crippen molar-refractivity contribution in [3.8, 4) is 11.1 Å². The summed E-state index contributed by atoms with van der Waals surface area (Å²) in [6.45, 7) is 0. The van der Waals surface area contributed by atoms with Gasteiger partial charge in [-0.3, -0.25) is 0 Å². The Labute approximate surface area is 119 Å². The minimum absolute atomic E-state index is 0.612. The van der Waals surface area contributed by atoms with E-state index in [0.29, 0.717) is 5.56 Å². The lowest BCUT2D eigenvalue weighted by Crippen LogP contribution is -1.98. The van der Waals surface area contributed by atoms with E-state index in [1.807, 2.05) is 48.5 Å². The second-order valence-corrected chi connectivity index (χ2v) is 4.79. The molecule has 96 valence electrons. The molecule has 2 aromatic carbocycles. The van der Waals surface area contributed by atoms with Crippen molar-refractivity contribution >= 4 is 28.0 Å². The van der Waals surface area contributed by atoms with Gasteiger partial charge in [0.05, 0.1) is 0 Å². The number of carbonyl (C=O) groups is 1. The van der Waals surface area contributed by atoms with Gasteiger partial charge in [-0.05, 0) is 34.9 Å². The molecule has 2 aromatic rings. The molecular formula is C15H11BrO3. The summed E-state index contributed by atoms with van der Waals surface area (Å²) in [5.74, 6) is -2.04. The van der Waals surface area contributed by atoms with Crippen LogP contribution in [0.1, 0.15) is 5.56 Å². The summed E-state index contributed by atoms with van der Waals surface area (Å²) in [5.41, 5.74) is 2.59. The number of hydrogen-bond acceptors (Lipinski definition) is 2. The summed E-state index contributed by atoms with van der Waals surface area (Å²) >= 11 is 3.33. The predicted molar refractivity (Wildman–Crippen MR) is 77.8 cm³/mol. The lowest BCUT2D eigenvalue weighted by molar-refractivity contribution is -0.135. The van der Waals surface area contributed by atoms with Gasteiger partial charge >= 0.3 is 5.97 Å². The molecule has 0 aromatic heterocycles. The molecule has 0 heterocycles. The van der Waals surface area contributed by atoms with Gasteiger partial charge in [0.2, 0.25) is 5.76 Å². The predicted octanol–water partition coefficient (Wildman–Crippen LogP) is 4.10. The fraction of sp³-hybridized carbons (Fsp3) is 0. The number of hydrogen-bond donors (Lipinski definition) is 2. The number of aliphatic hydroxyl groups is 1. The largest absolute Gasteiger partial charge is 0.502 e. The quantitative estimate of drug-likeness (QED) is 0.661. The van der Waals surface area contributed by atoms with E-state index in [0.717, 1.165) is 15.6 Å². The van der Waals surface area contributed by atoms with Crippen LogP contribution in [0.3, 0.4) is 0 Å². The van der Waals surface area contributed by atoms with Crippen molar-refractivity contribution in [1.29, 1.82) is 0 Å². The number of aliphatic carboxylic acids is 1. The molecule has 0 bridgehead atoms. The van der Waals surface area contributed by atoms with Crippen LogP contribution in [0, 0.1) is 0 Å². The molecule has 0 aliphatic carbocycles. The van der Waals surface area contributed by atoms with E-state index >= 15 is 0 Å². The van der Waals surface area contributed by atoms with Crippen molar-refractivity contribution < 1.29 is 15.0 Å². The minimum Gasteiger partial charge on any atom is -0.502 e. The molecule has 0 saturated carbocycles. The highest BCUT2D eigenvalue weighted by atomic mass is 79.9. The molecule has 2 N–H and O–H groups in total. The van der Waals surface area contributed by atoms with Crippen LogP contribution >= 0.6 is 15.9 Å². The van der Waals surface area contributed by atoms with E-state index in [-0.39, 0.29) is 0 Å². The van der Waals surface area contributed by atoms with Crippen LogP contribution < -0.4 is 0 Å². The first-order valence-electron chi connectivity index (χ1n) is 5.57. The first-order valence-corrected chi connectivity index (χ1v) is 6.36. The van der Waals surface area contributed by atoms with Crippen LogP contribution in [0.25, 0.3) is 17.2 Å². The topological polar surface area (TPSA) is 57.5 Å². The van der Waals surface area contributed by atoms with Crippen molar-refractivity contribution in [3.05, 3.63) is 64.3 Å². The molecule has 0 fully saturated rings. The van der Waals surface area contributed by atoms with E-state index in [9.17, 15) is 9.90 Å². The van der Waals surface area contributed by atoms with E-state index in [2.05, 4.69) is 15.9 Å². The van der Waals surface area contributed by atoms with Gasteiger partial charge in [-0.1, -0.05) is 52.3 Å². The number of benzene rings is 2. The summed E-state index contributed by atoms with van der Waals surface area (Å²) < 4.78 is 0.722. The second-order valence-electron chi connectivity index (χ2n) is 3.94. The van der Waals surface area contributed by atoms with Gasteiger partial charge in [-0.2, -0.15) is 0 Å². The van der Waals surface area contributed by atoms with E-state index in [1.54, 1.807) is 0 Å². The third-order valence-electron chi connectivity index (χ3n) is 2.61. The summed E-state index contributed by atoms with van der Waals surface area (Å²) in [4.78, 5) is 10.6. The van der Waals surface area contributed by atoms with Crippen LogP contribution in [0.15, 0.2) is 58.8 Å². The Kier molecular flexibility index (Phi) is 4.02. The van der Waals surface area contributed by atoms with Gasteiger partial charge in [0.25, 0.3) is 0 Å².